The smallest absolute Gasteiger partial charge is 0.0105 e. The molecule has 0 saturated heterocycles. The van der Waals surface area contributed by atoms with Crippen molar-refractivity contribution in [1.82, 2.24) is 0 Å². The average Bonchev–Trinajstić information content (AvgIpc) is 3.24. The molecule has 8 aromatic carbocycles. The van der Waals surface area contributed by atoms with Gasteiger partial charge in [0.15, 0.2) is 0 Å². The Bertz CT molecular complexity index is 2490. The van der Waals surface area contributed by atoms with Crippen molar-refractivity contribution >= 4 is 79.5 Å². The highest BCUT2D eigenvalue weighted by molar-refractivity contribution is 6.08. The maximum atomic E-state index is 2.36. The fourth-order valence-electron chi connectivity index (χ4n) is 8.08. The van der Waals surface area contributed by atoms with Gasteiger partial charge in [0.25, 0.3) is 0 Å². The molecule has 0 aliphatic carbocycles. The van der Waals surface area contributed by atoms with Crippen molar-refractivity contribution < 1.29 is 0 Å². The summed E-state index contributed by atoms with van der Waals surface area (Å²) in [6, 6.07) is 54.2. The Morgan fingerprint density at radius 2 is 0.625 bits per heavy atom. The Hall–Kier alpha value is -5.98. The highest BCUT2D eigenvalue weighted by Gasteiger charge is 2.07. The molecule has 0 nitrogen and oxygen atoms in total. The summed E-state index contributed by atoms with van der Waals surface area (Å²) in [5.41, 5.74) is 10.3. The van der Waals surface area contributed by atoms with Crippen molar-refractivity contribution in [2.24, 2.45) is 0 Å². The zero-order valence-electron chi connectivity index (χ0n) is 33.0. The first kappa shape index (κ1) is 37.0. The second-order valence-electron chi connectivity index (χ2n) is 15.4. The number of unbranched alkanes of at least 4 members (excludes halogenated alkanes) is 4. The molecule has 0 unspecified atom stereocenters. The topological polar surface area (TPSA) is 0 Å². The van der Waals surface area contributed by atoms with E-state index in [1.165, 1.54) is 139 Å². The minimum atomic E-state index is 1.17. The molecule has 0 saturated carbocycles. The molecule has 0 heterocycles. The maximum Gasteiger partial charge on any atom is -0.0105 e. The Labute approximate surface area is 333 Å². The summed E-state index contributed by atoms with van der Waals surface area (Å²) in [5.74, 6) is 0. The van der Waals surface area contributed by atoms with E-state index in [-0.39, 0.29) is 0 Å². The first-order valence-electron chi connectivity index (χ1n) is 20.8. The second kappa shape index (κ2) is 17.7. The lowest BCUT2D eigenvalue weighted by Crippen LogP contribution is -1.86. The molecular weight excluding hydrogens is 673 g/mol. The van der Waals surface area contributed by atoms with Crippen molar-refractivity contribution in [3.63, 3.8) is 0 Å². The van der Waals surface area contributed by atoms with Gasteiger partial charge in [0.05, 0.1) is 0 Å². The van der Waals surface area contributed by atoms with Gasteiger partial charge in [-0.3, -0.25) is 0 Å². The van der Waals surface area contributed by atoms with Gasteiger partial charge in [-0.15, -0.1) is 0 Å². The molecule has 0 aliphatic rings. The molecular formula is C56H52. The van der Waals surface area contributed by atoms with Gasteiger partial charge >= 0.3 is 0 Å². The van der Waals surface area contributed by atoms with E-state index < -0.39 is 0 Å². The summed E-state index contributed by atoms with van der Waals surface area (Å²) >= 11 is 0. The lowest BCUT2D eigenvalue weighted by Gasteiger charge is -2.09. The van der Waals surface area contributed by atoms with Crippen molar-refractivity contribution in [3.05, 3.63) is 190 Å². The maximum absolute atomic E-state index is 2.36. The van der Waals surface area contributed by atoms with Crippen LogP contribution in [0.15, 0.2) is 146 Å². The summed E-state index contributed by atoms with van der Waals surface area (Å²) in [6.45, 7) is 4.52. The summed E-state index contributed by atoms with van der Waals surface area (Å²) in [7, 11) is 0. The summed E-state index contributed by atoms with van der Waals surface area (Å²) < 4.78 is 0. The first-order chi connectivity index (χ1) is 27.6. The lowest BCUT2D eigenvalue weighted by atomic mass is 9.95. The molecule has 0 spiro atoms. The van der Waals surface area contributed by atoms with Crippen LogP contribution < -0.4 is 0 Å². The van der Waals surface area contributed by atoms with Crippen molar-refractivity contribution in [1.29, 1.82) is 0 Å². The molecule has 0 N–H and O–H groups in total. The average molecular weight is 725 g/mol. The quantitative estimate of drug-likeness (QED) is 0.0595. The summed E-state index contributed by atoms with van der Waals surface area (Å²) in [4.78, 5) is 0. The van der Waals surface area contributed by atoms with E-state index in [0.717, 1.165) is 0 Å². The Morgan fingerprint density at radius 3 is 0.929 bits per heavy atom. The van der Waals surface area contributed by atoms with E-state index in [9.17, 15) is 0 Å². The number of aryl methyl sites for hydroxylation is 2. The predicted molar refractivity (Wildman–Crippen MR) is 249 cm³/mol. The van der Waals surface area contributed by atoms with Crippen LogP contribution in [-0.2, 0) is 12.8 Å². The third-order valence-corrected chi connectivity index (χ3v) is 11.3. The zero-order chi connectivity index (χ0) is 38.1. The van der Waals surface area contributed by atoms with Gasteiger partial charge in [-0.25, -0.2) is 0 Å². The van der Waals surface area contributed by atoms with Crippen molar-refractivity contribution in [2.45, 2.75) is 65.2 Å². The first-order valence-corrected chi connectivity index (χ1v) is 20.8. The van der Waals surface area contributed by atoms with E-state index in [0.29, 0.717) is 0 Å². The third kappa shape index (κ3) is 8.61. The molecule has 276 valence electrons. The second-order valence-corrected chi connectivity index (χ2v) is 15.4. The number of rotatable bonds is 14. The molecule has 0 radical (unpaired) electrons. The molecule has 0 bridgehead atoms. The fraction of sp³-hybridized carbons (Fsp3) is 0.179. The third-order valence-electron chi connectivity index (χ3n) is 11.3. The highest BCUT2D eigenvalue weighted by atomic mass is 14.1. The van der Waals surface area contributed by atoms with E-state index in [2.05, 4.69) is 196 Å². The van der Waals surface area contributed by atoms with Gasteiger partial charge < -0.3 is 0 Å². The van der Waals surface area contributed by atoms with Crippen LogP contribution in [0.5, 0.6) is 0 Å². The molecule has 0 fully saturated rings. The van der Waals surface area contributed by atoms with Gasteiger partial charge in [-0.05, 0) is 138 Å². The Balaban J connectivity index is 1.04. The highest BCUT2D eigenvalue weighted by Crippen LogP contribution is 2.32. The predicted octanol–water partition coefficient (Wildman–Crippen LogP) is 16.3. The molecule has 0 aromatic heterocycles. The van der Waals surface area contributed by atoms with Crippen LogP contribution in [0, 0.1) is 0 Å². The van der Waals surface area contributed by atoms with Crippen LogP contribution >= 0.6 is 0 Å². The van der Waals surface area contributed by atoms with E-state index in [1.54, 1.807) is 0 Å². The van der Waals surface area contributed by atoms with Gasteiger partial charge in [0.1, 0.15) is 0 Å². The normalized spacial score (nSPS) is 12.1. The Morgan fingerprint density at radius 1 is 0.321 bits per heavy atom. The van der Waals surface area contributed by atoms with Crippen LogP contribution in [0.4, 0.5) is 0 Å². The number of fused-ring (bicyclic) bond motifs is 4. The number of benzene rings is 8. The Kier molecular flexibility index (Phi) is 11.7. The minimum Gasteiger partial charge on any atom is -0.0654 e. The number of hydrogen-bond acceptors (Lipinski definition) is 0. The van der Waals surface area contributed by atoms with Gasteiger partial charge in [-0.1, -0.05) is 197 Å². The van der Waals surface area contributed by atoms with Gasteiger partial charge in [-0.2, -0.15) is 0 Å². The molecule has 0 amide bonds. The molecule has 8 rings (SSSR count). The van der Waals surface area contributed by atoms with Crippen molar-refractivity contribution in [3.8, 4) is 0 Å². The SMILES string of the molecule is CCCCCc1ccc(/C=C/c2cccc3cc4c(/C=C/c5cccc6cc7c(/C=C/c8ccc(CCCCC)cc8)cccc7cc56)cccc4cc23)cc1. The van der Waals surface area contributed by atoms with E-state index in [4.69, 9.17) is 0 Å². The van der Waals surface area contributed by atoms with Crippen LogP contribution in [0.2, 0.25) is 0 Å². The molecule has 0 heteroatoms. The monoisotopic (exact) mass is 724 g/mol. The molecule has 56 heavy (non-hydrogen) atoms. The standard InChI is InChI=1S/C56H52/c1-3-5-7-13-41-23-27-43(28-24-41)31-33-45-15-9-19-49-39-55-47(17-11-21-51(55)37-53(45)49)35-36-48-18-12-22-52-38-54-46(16-10-20-50(54)40-56(48)52)34-32-44-29-25-42(26-30-44)14-8-6-4-2/h9-12,15-40H,3-8,13-14H2,1-2H3/b33-31+,34-32+,36-35+. The van der Waals surface area contributed by atoms with Gasteiger partial charge in [0.2, 0.25) is 0 Å². The molecule has 8 aromatic rings. The van der Waals surface area contributed by atoms with Crippen LogP contribution in [0.1, 0.15) is 96.9 Å². The van der Waals surface area contributed by atoms with E-state index >= 15 is 0 Å². The van der Waals surface area contributed by atoms with Gasteiger partial charge in [0, 0.05) is 0 Å². The lowest BCUT2D eigenvalue weighted by molar-refractivity contribution is 0.717. The van der Waals surface area contributed by atoms with Crippen LogP contribution in [0.3, 0.4) is 0 Å². The summed E-state index contributed by atoms with van der Waals surface area (Å²) in [5, 5.41) is 10.1. The summed E-state index contributed by atoms with van der Waals surface area (Å²) in [6.07, 6.45) is 23.6. The largest absolute Gasteiger partial charge is 0.0654 e. The van der Waals surface area contributed by atoms with Crippen LogP contribution in [-0.4, -0.2) is 0 Å². The van der Waals surface area contributed by atoms with Crippen LogP contribution in [0.25, 0.3) is 79.5 Å². The number of hydrogen-bond donors (Lipinski definition) is 0. The molecule has 0 aliphatic heterocycles. The fourth-order valence-corrected chi connectivity index (χ4v) is 8.08. The zero-order valence-corrected chi connectivity index (χ0v) is 33.0. The van der Waals surface area contributed by atoms with Crippen molar-refractivity contribution in [2.75, 3.05) is 0 Å². The minimum absolute atomic E-state index is 1.17. The van der Waals surface area contributed by atoms with E-state index in [1.807, 2.05) is 0 Å². The molecule has 0 atom stereocenters.